The minimum absolute atomic E-state index is 0.607. The fourth-order valence-electron chi connectivity index (χ4n) is 1.81. The molecule has 98 valence electrons. The van der Waals surface area contributed by atoms with E-state index in [2.05, 4.69) is 6.07 Å². The highest BCUT2D eigenvalue weighted by Crippen LogP contribution is 2.19. The highest BCUT2D eigenvalue weighted by molar-refractivity contribution is 5.79. The monoisotopic (exact) mass is 261 g/mol. The largest absolute Gasteiger partial charge is 0.497 e. The van der Waals surface area contributed by atoms with Crippen molar-refractivity contribution in [1.82, 2.24) is 0 Å². The lowest BCUT2D eigenvalue weighted by Gasteiger charge is -2.02. The van der Waals surface area contributed by atoms with Crippen LogP contribution in [0.5, 0.6) is 5.75 Å². The molecule has 0 aliphatic heterocycles. The van der Waals surface area contributed by atoms with Crippen molar-refractivity contribution in [2.75, 3.05) is 7.11 Å². The van der Waals surface area contributed by atoms with Crippen LogP contribution in [-0.2, 0) is 0 Å². The highest BCUT2D eigenvalue weighted by atomic mass is 16.5. The average molecular weight is 261 g/mol. The van der Waals surface area contributed by atoms with Crippen molar-refractivity contribution >= 4 is 11.6 Å². The lowest BCUT2D eigenvalue weighted by molar-refractivity contribution is 0.414. The van der Waals surface area contributed by atoms with Gasteiger partial charge in [0.25, 0.3) is 0 Å². The third kappa shape index (κ3) is 3.60. The van der Waals surface area contributed by atoms with Gasteiger partial charge in [0.05, 0.1) is 18.8 Å². The molecule has 2 heteroatoms. The van der Waals surface area contributed by atoms with E-state index >= 15 is 0 Å². The Balaban J connectivity index is 2.22. The maximum atomic E-state index is 9.25. The number of benzene rings is 2. The van der Waals surface area contributed by atoms with Gasteiger partial charge in [0, 0.05) is 0 Å². The van der Waals surface area contributed by atoms with Gasteiger partial charge >= 0.3 is 0 Å². The van der Waals surface area contributed by atoms with E-state index in [9.17, 15) is 5.26 Å². The van der Waals surface area contributed by atoms with Gasteiger partial charge in [-0.15, -0.1) is 0 Å². The van der Waals surface area contributed by atoms with Crippen LogP contribution in [0.3, 0.4) is 0 Å². The summed E-state index contributed by atoms with van der Waals surface area (Å²) in [6.07, 6.45) is 5.66. The molecule has 20 heavy (non-hydrogen) atoms. The molecule has 0 radical (unpaired) electrons. The summed E-state index contributed by atoms with van der Waals surface area (Å²) in [5.41, 5.74) is 2.56. The van der Waals surface area contributed by atoms with Gasteiger partial charge in [0.15, 0.2) is 0 Å². The first-order valence-electron chi connectivity index (χ1n) is 6.31. The molecule has 2 rings (SSSR count). The first kappa shape index (κ1) is 13.6. The van der Waals surface area contributed by atoms with Crippen molar-refractivity contribution in [1.29, 1.82) is 5.26 Å². The van der Waals surface area contributed by atoms with Crippen molar-refractivity contribution in [3.63, 3.8) is 0 Å². The molecule has 0 spiro atoms. The summed E-state index contributed by atoms with van der Waals surface area (Å²) in [6.45, 7) is 0. The molecule has 2 nitrogen and oxygen atoms in total. The topological polar surface area (TPSA) is 33.0 Å². The summed E-state index contributed by atoms with van der Waals surface area (Å²) in [5, 5.41) is 9.25. The number of hydrogen-bond donors (Lipinski definition) is 0. The average Bonchev–Trinajstić information content (AvgIpc) is 2.52. The van der Waals surface area contributed by atoms with Crippen molar-refractivity contribution in [3.05, 3.63) is 77.9 Å². The zero-order chi connectivity index (χ0) is 14.2. The summed E-state index contributed by atoms with van der Waals surface area (Å²) in [7, 11) is 1.62. The molecule has 0 saturated heterocycles. The summed E-state index contributed by atoms with van der Waals surface area (Å²) >= 11 is 0. The van der Waals surface area contributed by atoms with Gasteiger partial charge in [0.1, 0.15) is 5.75 Å². The molecule has 0 atom stereocenters. The van der Waals surface area contributed by atoms with Crippen molar-refractivity contribution in [2.24, 2.45) is 0 Å². The number of allylic oxidation sites excluding steroid dienone is 3. The van der Waals surface area contributed by atoms with E-state index in [1.54, 1.807) is 7.11 Å². The molecule has 0 amide bonds. The molecule has 0 aromatic heterocycles. The summed E-state index contributed by atoms with van der Waals surface area (Å²) in [4.78, 5) is 0. The third-order valence-electron chi connectivity index (χ3n) is 2.85. The predicted molar refractivity (Wildman–Crippen MR) is 82.1 cm³/mol. The van der Waals surface area contributed by atoms with Crippen LogP contribution in [0.1, 0.15) is 11.1 Å². The normalized spacial score (nSPS) is 11.3. The predicted octanol–water partition coefficient (Wildman–Crippen LogP) is 4.32. The summed E-state index contributed by atoms with van der Waals surface area (Å²) in [5.74, 6) is 0.746. The minimum atomic E-state index is 0.607. The first-order valence-corrected chi connectivity index (χ1v) is 6.31. The molecule has 0 heterocycles. The second kappa shape index (κ2) is 6.96. The number of nitriles is 1. The molecule has 0 saturated carbocycles. The van der Waals surface area contributed by atoms with E-state index in [1.165, 1.54) is 0 Å². The van der Waals surface area contributed by atoms with Crippen molar-refractivity contribution in [2.45, 2.75) is 0 Å². The molecule has 0 aliphatic carbocycles. The van der Waals surface area contributed by atoms with Gasteiger partial charge in [-0.3, -0.25) is 0 Å². The Bertz CT molecular complexity index is 663. The van der Waals surface area contributed by atoms with Gasteiger partial charge in [-0.1, -0.05) is 54.6 Å². The van der Waals surface area contributed by atoms with Crippen LogP contribution in [0.15, 0.2) is 66.7 Å². The molecule has 0 N–H and O–H groups in total. The molecule has 2 aromatic rings. The van der Waals surface area contributed by atoms with Crippen LogP contribution < -0.4 is 4.74 Å². The Morgan fingerprint density at radius 1 is 1.10 bits per heavy atom. The number of nitrogens with zero attached hydrogens (tertiary/aromatic N) is 1. The minimum Gasteiger partial charge on any atom is -0.497 e. The molecular weight excluding hydrogens is 246 g/mol. The zero-order valence-electron chi connectivity index (χ0n) is 11.3. The lowest BCUT2D eigenvalue weighted by Crippen LogP contribution is -1.85. The second-order valence-electron chi connectivity index (χ2n) is 4.19. The number of ether oxygens (including phenoxy) is 1. The summed E-state index contributed by atoms with van der Waals surface area (Å²) < 4.78 is 5.17. The van der Waals surface area contributed by atoms with Crippen LogP contribution in [0.2, 0.25) is 0 Å². The summed E-state index contributed by atoms with van der Waals surface area (Å²) in [6, 6.07) is 19.7. The fourth-order valence-corrected chi connectivity index (χ4v) is 1.81. The third-order valence-corrected chi connectivity index (χ3v) is 2.85. The van der Waals surface area contributed by atoms with Gasteiger partial charge in [-0.05, 0) is 29.3 Å². The smallest absolute Gasteiger partial charge is 0.119 e. The van der Waals surface area contributed by atoms with E-state index in [4.69, 9.17) is 4.74 Å². The Morgan fingerprint density at radius 2 is 1.90 bits per heavy atom. The van der Waals surface area contributed by atoms with Crippen LogP contribution in [0.25, 0.3) is 11.6 Å². The molecule has 0 unspecified atom stereocenters. The van der Waals surface area contributed by atoms with E-state index in [1.807, 2.05) is 72.8 Å². The maximum absolute atomic E-state index is 9.25. The van der Waals surface area contributed by atoms with E-state index in [0.717, 1.165) is 16.9 Å². The molecule has 0 bridgehead atoms. The van der Waals surface area contributed by atoms with Crippen LogP contribution in [0, 0.1) is 11.3 Å². The van der Waals surface area contributed by atoms with E-state index < -0.39 is 0 Å². The standard InChI is InChI=1S/C18H15NO/c1-20-18-12-6-10-16(13-18)17(14-19)11-5-9-15-7-3-2-4-8-15/h2-13H,1H3. The Labute approximate surface area is 119 Å². The van der Waals surface area contributed by atoms with Crippen LogP contribution in [0.4, 0.5) is 0 Å². The van der Waals surface area contributed by atoms with E-state index in [0.29, 0.717) is 5.57 Å². The quantitative estimate of drug-likeness (QED) is 0.606. The highest BCUT2D eigenvalue weighted by Gasteiger charge is 2.00. The Kier molecular flexibility index (Phi) is 4.75. The Morgan fingerprint density at radius 3 is 2.60 bits per heavy atom. The number of hydrogen-bond acceptors (Lipinski definition) is 2. The van der Waals surface area contributed by atoms with Crippen molar-refractivity contribution in [3.8, 4) is 11.8 Å². The molecule has 0 fully saturated rings. The van der Waals surface area contributed by atoms with Gasteiger partial charge < -0.3 is 4.74 Å². The second-order valence-corrected chi connectivity index (χ2v) is 4.19. The van der Waals surface area contributed by atoms with Crippen LogP contribution >= 0.6 is 0 Å². The van der Waals surface area contributed by atoms with Gasteiger partial charge in [-0.2, -0.15) is 5.26 Å². The van der Waals surface area contributed by atoms with Gasteiger partial charge in [-0.25, -0.2) is 0 Å². The zero-order valence-corrected chi connectivity index (χ0v) is 11.3. The lowest BCUT2D eigenvalue weighted by atomic mass is 10.1. The fraction of sp³-hybridized carbons (Fsp3) is 0.0556. The number of methoxy groups -OCH3 is 1. The van der Waals surface area contributed by atoms with Crippen molar-refractivity contribution < 1.29 is 4.74 Å². The molecular formula is C18H15NO. The van der Waals surface area contributed by atoms with E-state index in [-0.39, 0.29) is 0 Å². The molecule has 2 aromatic carbocycles. The SMILES string of the molecule is COc1cccc(C(C#N)=CC=Cc2ccccc2)c1. The first-order chi connectivity index (χ1) is 9.83. The molecule has 0 aliphatic rings. The number of rotatable bonds is 4. The van der Waals surface area contributed by atoms with Gasteiger partial charge in [0.2, 0.25) is 0 Å². The Hall–Kier alpha value is -2.79. The maximum Gasteiger partial charge on any atom is 0.119 e. The van der Waals surface area contributed by atoms with Crippen LogP contribution in [-0.4, -0.2) is 7.11 Å².